The van der Waals surface area contributed by atoms with Crippen LogP contribution < -0.4 is 14.8 Å². The van der Waals surface area contributed by atoms with Crippen LogP contribution in [0.2, 0.25) is 0 Å². The number of ether oxygens (including phenoxy) is 3. The molecule has 0 aliphatic rings. The summed E-state index contributed by atoms with van der Waals surface area (Å²) in [6.07, 6.45) is 0. The molecule has 2 rings (SSSR count). The van der Waals surface area contributed by atoms with Gasteiger partial charge in [0.25, 0.3) is 5.91 Å². The first-order chi connectivity index (χ1) is 12.9. The number of aryl methyl sites for hydroxylation is 1. The van der Waals surface area contributed by atoms with Crippen molar-refractivity contribution in [3.05, 3.63) is 39.8 Å². The molecule has 1 aromatic heterocycles. The Morgan fingerprint density at radius 1 is 1.26 bits per heavy atom. The SMILES string of the molecule is CCOC(=O)c1c(NC(=O)COc2ccc(C#N)cc2OC)sc(C)c1C. The summed E-state index contributed by atoms with van der Waals surface area (Å²) < 4.78 is 15.7. The van der Waals surface area contributed by atoms with E-state index in [0.717, 1.165) is 10.4 Å². The first kappa shape index (κ1) is 20.3. The lowest BCUT2D eigenvalue weighted by Gasteiger charge is -2.11. The first-order valence-electron chi connectivity index (χ1n) is 8.19. The molecule has 0 saturated heterocycles. The maximum absolute atomic E-state index is 12.3. The highest BCUT2D eigenvalue weighted by Gasteiger charge is 2.22. The van der Waals surface area contributed by atoms with E-state index in [1.54, 1.807) is 19.1 Å². The number of hydrogen-bond donors (Lipinski definition) is 1. The third kappa shape index (κ3) is 4.77. The molecule has 0 saturated carbocycles. The van der Waals surface area contributed by atoms with Crippen LogP contribution in [0, 0.1) is 25.2 Å². The van der Waals surface area contributed by atoms with Gasteiger partial charge in [0.15, 0.2) is 18.1 Å². The molecule has 0 unspecified atom stereocenters. The molecule has 2 aromatic rings. The van der Waals surface area contributed by atoms with Crippen LogP contribution in [-0.2, 0) is 9.53 Å². The monoisotopic (exact) mass is 388 g/mol. The van der Waals surface area contributed by atoms with Crippen LogP contribution in [0.3, 0.4) is 0 Å². The van der Waals surface area contributed by atoms with E-state index in [0.29, 0.717) is 27.6 Å². The number of anilines is 1. The number of nitrogens with zero attached hydrogens (tertiary/aromatic N) is 1. The van der Waals surface area contributed by atoms with Crippen LogP contribution in [0.15, 0.2) is 18.2 Å². The summed E-state index contributed by atoms with van der Waals surface area (Å²) in [6, 6.07) is 6.66. The van der Waals surface area contributed by atoms with E-state index >= 15 is 0 Å². The van der Waals surface area contributed by atoms with Crippen molar-refractivity contribution in [3.63, 3.8) is 0 Å². The van der Waals surface area contributed by atoms with Gasteiger partial charge in [0, 0.05) is 10.9 Å². The fourth-order valence-corrected chi connectivity index (χ4v) is 3.39. The van der Waals surface area contributed by atoms with Crippen molar-refractivity contribution in [2.24, 2.45) is 0 Å². The van der Waals surface area contributed by atoms with Gasteiger partial charge in [0.05, 0.1) is 30.9 Å². The molecule has 0 bridgehead atoms. The molecule has 0 atom stereocenters. The summed E-state index contributed by atoms with van der Waals surface area (Å²) in [5, 5.41) is 12.1. The zero-order chi connectivity index (χ0) is 20.0. The van der Waals surface area contributed by atoms with Crippen LogP contribution in [0.5, 0.6) is 11.5 Å². The molecular formula is C19H20N2O5S. The van der Waals surface area contributed by atoms with Crippen LogP contribution in [-0.4, -0.2) is 32.2 Å². The summed E-state index contributed by atoms with van der Waals surface area (Å²) in [4.78, 5) is 25.4. The van der Waals surface area contributed by atoms with Crippen LogP contribution in [0.1, 0.15) is 33.3 Å². The molecule has 1 heterocycles. The number of carbonyl (C=O) groups excluding carboxylic acids is 2. The molecule has 0 aliphatic heterocycles. The molecule has 0 radical (unpaired) electrons. The van der Waals surface area contributed by atoms with E-state index in [2.05, 4.69) is 5.32 Å². The molecule has 0 aliphatic carbocycles. The summed E-state index contributed by atoms with van der Waals surface area (Å²) in [6.45, 7) is 5.38. The fraction of sp³-hybridized carbons (Fsp3) is 0.316. The fourth-order valence-electron chi connectivity index (χ4n) is 2.33. The van der Waals surface area contributed by atoms with E-state index < -0.39 is 11.9 Å². The van der Waals surface area contributed by atoms with Crippen molar-refractivity contribution < 1.29 is 23.8 Å². The molecule has 1 aromatic carbocycles. The average Bonchev–Trinajstić information content (AvgIpc) is 2.93. The zero-order valence-corrected chi connectivity index (χ0v) is 16.4. The van der Waals surface area contributed by atoms with Gasteiger partial charge in [0.2, 0.25) is 0 Å². The van der Waals surface area contributed by atoms with Gasteiger partial charge < -0.3 is 19.5 Å². The third-order valence-corrected chi connectivity index (χ3v) is 4.89. The van der Waals surface area contributed by atoms with Crippen LogP contribution in [0.4, 0.5) is 5.00 Å². The smallest absolute Gasteiger partial charge is 0.341 e. The summed E-state index contributed by atoms with van der Waals surface area (Å²) in [7, 11) is 1.45. The Balaban J connectivity index is 2.10. The maximum atomic E-state index is 12.3. The number of hydrogen-bond acceptors (Lipinski definition) is 7. The van der Waals surface area contributed by atoms with Crippen molar-refractivity contribution in [2.45, 2.75) is 20.8 Å². The van der Waals surface area contributed by atoms with Gasteiger partial charge in [-0.3, -0.25) is 4.79 Å². The number of carbonyl (C=O) groups is 2. The number of amides is 1. The molecule has 27 heavy (non-hydrogen) atoms. The van der Waals surface area contributed by atoms with Crippen molar-refractivity contribution in [2.75, 3.05) is 25.6 Å². The Bertz CT molecular complexity index is 898. The van der Waals surface area contributed by atoms with Gasteiger partial charge in [0.1, 0.15) is 5.00 Å². The second-order valence-electron chi connectivity index (χ2n) is 5.52. The highest BCUT2D eigenvalue weighted by atomic mass is 32.1. The number of methoxy groups -OCH3 is 1. The molecule has 1 amide bonds. The molecule has 0 spiro atoms. The Morgan fingerprint density at radius 2 is 2.00 bits per heavy atom. The molecule has 0 fully saturated rings. The molecular weight excluding hydrogens is 368 g/mol. The van der Waals surface area contributed by atoms with Crippen molar-refractivity contribution >= 4 is 28.2 Å². The summed E-state index contributed by atoms with van der Waals surface area (Å²) in [5.41, 5.74) is 1.57. The minimum atomic E-state index is -0.468. The first-order valence-corrected chi connectivity index (χ1v) is 9.00. The second kappa shape index (κ2) is 9.05. The van der Waals surface area contributed by atoms with Gasteiger partial charge in [-0.2, -0.15) is 5.26 Å². The van der Waals surface area contributed by atoms with Gasteiger partial charge in [-0.1, -0.05) is 0 Å². The Morgan fingerprint density at radius 3 is 2.63 bits per heavy atom. The highest BCUT2D eigenvalue weighted by molar-refractivity contribution is 7.16. The standard InChI is InChI=1S/C19H20N2O5S/c1-5-25-19(23)17-11(2)12(3)27-18(17)21-16(22)10-26-14-7-6-13(9-20)8-15(14)24-4/h6-8H,5,10H2,1-4H3,(H,21,22). The highest BCUT2D eigenvalue weighted by Crippen LogP contribution is 2.33. The number of rotatable bonds is 7. The minimum Gasteiger partial charge on any atom is -0.493 e. The van der Waals surface area contributed by atoms with Crippen molar-refractivity contribution in [1.29, 1.82) is 5.26 Å². The predicted octanol–water partition coefficient (Wildman–Crippen LogP) is 3.44. The Hall–Kier alpha value is -3.05. The lowest BCUT2D eigenvalue weighted by Crippen LogP contribution is -2.21. The predicted molar refractivity (Wildman–Crippen MR) is 102 cm³/mol. The third-order valence-electron chi connectivity index (χ3n) is 3.77. The Kier molecular flexibility index (Phi) is 6.79. The van der Waals surface area contributed by atoms with E-state index in [1.165, 1.54) is 24.5 Å². The molecule has 142 valence electrons. The number of benzene rings is 1. The number of esters is 1. The van der Waals surface area contributed by atoms with Crippen molar-refractivity contribution in [3.8, 4) is 17.6 Å². The number of thiophene rings is 1. The maximum Gasteiger partial charge on any atom is 0.341 e. The zero-order valence-electron chi connectivity index (χ0n) is 15.5. The van der Waals surface area contributed by atoms with Crippen LogP contribution in [0.25, 0.3) is 0 Å². The van der Waals surface area contributed by atoms with Gasteiger partial charge >= 0.3 is 5.97 Å². The number of nitrogens with one attached hydrogen (secondary N) is 1. The quantitative estimate of drug-likeness (QED) is 0.730. The van der Waals surface area contributed by atoms with E-state index in [-0.39, 0.29) is 13.2 Å². The van der Waals surface area contributed by atoms with Crippen molar-refractivity contribution in [1.82, 2.24) is 0 Å². The lowest BCUT2D eigenvalue weighted by molar-refractivity contribution is -0.118. The average molecular weight is 388 g/mol. The summed E-state index contributed by atoms with van der Waals surface area (Å²) >= 11 is 1.31. The van der Waals surface area contributed by atoms with Gasteiger partial charge in [-0.15, -0.1) is 11.3 Å². The van der Waals surface area contributed by atoms with E-state index in [9.17, 15) is 9.59 Å². The molecule has 7 nitrogen and oxygen atoms in total. The van der Waals surface area contributed by atoms with Crippen LogP contribution >= 0.6 is 11.3 Å². The Labute approximate surface area is 161 Å². The van der Waals surface area contributed by atoms with Gasteiger partial charge in [-0.05, 0) is 38.5 Å². The van der Waals surface area contributed by atoms with E-state index in [1.807, 2.05) is 19.9 Å². The summed E-state index contributed by atoms with van der Waals surface area (Å²) in [5.74, 6) is -0.190. The molecule has 8 heteroatoms. The molecule has 1 N–H and O–H groups in total. The lowest BCUT2D eigenvalue weighted by atomic mass is 10.1. The minimum absolute atomic E-state index is 0.252. The number of nitriles is 1. The van der Waals surface area contributed by atoms with E-state index in [4.69, 9.17) is 19.5 Å². The van der Waals surface area contributed by atoms with Gasteiger partial charge in [-0.25, -0.2) is 4.79 Å². The largest absolute Gasteiger partial charge is 0.493 e. The normalized spacial score (nSPS) is 10.0. The topological polar surface area (TPSA) is 97.6 Å². The second-order valence-corrected chi connectivity index (χ2v) is 6.75.